The highest BCUT2D eigenvalue weighted by Crippen LogP contribution is 2.21. The molecular formula is C6H9NO5S2. The third-order valence-electron chi connectivity index (χ3n) is 1.00. The van der Waals surface area contributed by atoms with Gasteiger partial charge in [0, 0.05) is 5.75 Å². The lowest BCUT2D eigenvalue weighted by Crippen LogP contribution is -2.32. The van der Waals surface area contributed by atoms with E-state index in [-0.39, 0.29) is 18.0 Å². The number of hydrogen-bond donors (Lipinski definition) is 2. The number of carbonyl (C=O) groups is 3. The van der Waals surface area contributed by atoms with Crippen LogP contribution >= 0.6 is 21.6 Å². The Morgan fingerprint density at radius 1 is 1.50 bits per heavy atom. The predicted octanol–water partition coefficient (Wildman–Crippen LogP) is -0.521. The molecule has 0 saturated heterocycles. The lowest BCUT2D eigenvalue weighted by Gasteiger charge is -2.03. The smallest absolute Gasteiger partial charge is 0.324 e. The number of hydrogen-bond acceptors (Lipinski definition) is 7. The standard InChI is InChI=1S/C6H9NO5S2/c7-4(6(10)11)1-13-14-2-5(9)12-3-8/h3-4H,1-2,7H2,(H,10,11)/t4-/m0/s1. The quantitative estimate of drug-likeness (QED) is 0.201. The third kappa shape index (κ3) is 6.75. The van der Waals surface area contributed by atoms with Crippen LogP contribution in [0.1, 0.15) is 0 Å². The maximum atomic E-state index is 10.6. The Kier molecular flexibility index (Phi) is 7.25. The zero-order valence-corrected chi connectivity index (χ0v) is 8.68. The SMILES string of the molecule is N[C@@H](CSSCC(=O)OC=O)C(=O)O. The lowest BCUT2D eigenvalue weighted by molar-refractivity contribution is -0.149. The van der Waals surface area contributed by atoms with E-state index >= 15 is 0 Å². The Labute approximate surface area is 87.9 Å². The van der Waals surface area contributed by atoms with Crippen molar-refractivity contribution in [2.45, 2.75) is 6.04 Å². The minimum Gasteiger partial charge on any atom is -0.480 e. The van der Waals surface area contributed by atoms with Crippen molar-refractivity contribution in [3.05, 3.63) is 0 Å². The summed E-state index contributed by atoms with van der Waals surface area (Å²) in [5, 5.41) is 8.39. The normalized spacial score (nSPS) is 11.8. The molecule has 0 aliphatic carbocycles. The van der Waals surface area contributed by atoms with Gasteiger partial charge in [-0.05, 0) is 0 Å². The molecule has 0 fully saturated rings. The van der Waals surface area contributed by atoms with Crippen LogP contribution in [0.25, 0.3) is 0 Å². The van der Waals surface area contributed by atoms with Crippen LogP contribution in [0.15, 0.2) is 0 Å². The molecule has 0 aromatic rings. The molecule has 0 bridgehead atoms. The van der Waals surface area contributed by atoms with Crippen LogP contribution in [-0.2, 0) is 19.1 Å². The number of carboxylic acid groups (broad SMARTS) is 1. The Morgan fingerprint density at radius 3 is 2.64 bits per heavy atom. The van der Waals surface area contributed by atoms with Crippen LogP contribution in [0, 0.1) is 0 Å². The first-order chi connectivity index (χ1) is 6.57. The van der Waals surface area contributed by atoms with Crippen molar-refractivity contribution in [3.8, 4) is 0 Å². The number of ether oxygens (including phenoxy) is 1. The number of carboxylic acids is 1. The van der Waals surface area contributed by atoms with Crippen molar-refractivity contribution in [1.82, 2.24) is 0 Å². The molecule has 0 aromatic carbocycles. The van der Waals surface area contributed by atoms with Crippen LogP contribution in [-0.4, -0.2) is 41.1 Å². The van der Waals surface area contributed by atoms with Crippen LogP contribution in [0.2, 0.25) is 0 Å². The fourth-order valence-electron chi connectivity index (χ4n) is 0.370. The molecule has 0 aromatic heterocycles. The van der Waals surface area contributed by atoms with Gasteiger partial charge in [0.1, 0.15) is 11.8 Å². The first-order valence-electron chi connectivity index (χ1n) is 3.44. The maximum Gasteiger partial charge on any atom is 0.324 e. The zero-order chi connectivity index (χ0) is 11.0. The third-order valence-corrected chi connectivity index (χ3v) is 3.28. The van der Waals surface area contributed by atoms with Gasteiger partial charge in [-0.3, -0.25) is 14.4 Å². The molecule has 14 heavy (non-hydrogen) atoms. The minimum absolute atomic E-state index is 0.0181. The molecule has 0 heterocycles. The number of aliphatic carboxylic acids is 1. The molecular weight excluding hydrogens is 230 g/mol. The van der Waals surface area contributed by atoms with E-state index in [1.54, 1.807) is 0 Å². The van der Waals surface area contributed by atoms with E-state index in [0.717, 1.165) is 21.6 Å². The van der Waals surface area contributed by atoms with Gasteiger partial charge in [0.15, 0.2) is 0 Å². The molecule has 0 aliphatic rings. The molecule has 80 valence electrons. The molecule has 0 radical (unpaired) electrons. The Morgan fingerprint density at radius 2 is 2.14 bits per heavy atom. The van der Waals surface area contributed by atoms with Gasteiger partial charge in [0.25, 0.3) is 0 Å². The summed E-state index contributed by atoms with van der Waals surface area (Å²) in [6.45, 7) is 0.0521. The minimum atomic E-state index is -1.09. The Bertz CT molecular complexity index is 222. The van der Waals surface area contributed by atoms with Gasteiger partial charge in [0.05, 0.1) is 0 Å². The highest BCUT2D eigenvalue weighted by molar-refractivity contribution is 8.76. The van der Waals surface area contributed by atoms with Crippen LogP contribution in [0.5, 0.6) is 0 Å². The number of nitrogens with two attached hydrogens (primary N) is 1. The van der Waals surface area contributed by atoms with E-state index < -0.39 is 18.0 Å². The van der Waals surface area contributed by atoms with E-state index in [9.17, 15) is 14.4 Å². The topological polar surface area (TPSA) is 107 Å². The van der Waals surface area contributed by atoms with Gasteiger partial charge >= 0.3 is 18.4 Å². The molecule has 0 rings (SSSR count). The lowest BCUT2D eigenvalue weighted by atomic mass is 10.4. The number of rotatable bonds is 7. The summed E-state index contributed by atoms with van der Waals surface area (Å²) in [5.74, 6) is -1.58. The fraction of sp³-hybridized carbons (Fsp3) is 0.500. The van der Waals surface area contributed by atoms with Crippen molar-refractivity contribution in [2.24, 2.45) is 5.73 Å². The second-order valence-electron chi connectivity index (χ2n) is 2.08. The monoisotopic (exact) mass is 239 g/mol. The molecule has 8 heteroatoms. The van der Waals surface area contributed by atoms with Gasteiger partial charge in [0.2, 0.25) is 0 Å². The summed E-state index contributed by atoms with van der Waals surface area (Å²) in [6.07, 6.45) is 0. The van der Waals surface area contributed by atoms with E-state index in [0.29, 0.717) is 0 Å². The molecule has 0 unspecified atom stereocenters. The molecule has 3 N–H and O–H groups in total. The number of carbonyl (C=O) groups excluding carboxylic acids is 2. The van der Waals surface area contributed by atoms with Gasteiger partial charge in [-0.25, -0.2) is 0 Å². The zero-order valence-electron chi connectivity index (χ0n) is 7.04. The highest BCUT2D eigenvalue weighted by Gasteiger charge is 2.11. The predicted molar refractivity (Wildman–Crippen MR) is 52.7 cm³/mol. The van der Waals surface area contributed by atoms with Crippen LogP contribution in [0.3, 0.4) is 0 Å². The van der Waals surface area contributed by atoms with Gasteiger partial charge < -0.3 is 15.6 Å². The van der Waals surface area contributed by atoms with Gasteiger partial charge in [-0.15, -0.1) is 0 Å². The Balaban J connectivity index is 3.42. The summed E-state index contributed by atoms with van der Waals surface area (Å²) >= 11 is 0. The molecule has 6 nitrogen and oxygen atoms in total. The maximum absolute atomic E-state index is 10.6. The molecule has 1 atom stereocenters. The average molecular weight is 239 g/mol. The summed E-state index contributed by atoms with van der Waals surface area (Å²) < 4.78 is 4.00. The van der Waals surface area contributed by atoms with Gasteiger partial charge in [-0.1, -0.05) is 21.6 Å². The first kappa shape index (κ1) is 13.3. The van der Waals surface area contributed by atoms with Crippen molar-refractivity contribution in [3.63, 3.8) is 0 Å². The van der Waals surface area contributed by atoms with Crippen molar-refractivity contribution >= 4 is 40.0 Å². The second kappa shape index (κ2) is 7.65. The summed E-state index contributed by atoms with van der Waals surface area (Å²) in [5.41, 5.74) is 5.19. The largest absolute Gasteiger partial charge is 0.480 e. The molecule has 0 amide bonds. The molecule has 0 aliphatic heterocycles. The first-order valence-corrected chi connectivity index (χ1v) is 5.92. The average Bonchev–Trinajstić information content (AvgIpc) is 2.12. The molecule has 0 spiro atoms. The fourth-order valence-corrected chi connectivity index (χ4v) is 2.27. The van der Waals surface area contributed by atoms with E-state index in [4.69, 9.17) is 10.8 Å². The Hall–Kier alpha value is -0.730. The van der Waals surface area contributed by atoms with Crippen molar-refractivity contribution in [2.75, 3.05) is 11.5 Å². The van der Waals surface area contributed by atoms with Crippen molar-refractivity contribution < 1.29 is 24.2 Å². The van der Waals surface area contributed by atoms with E-state index in [1.807, 2.05) is 0 Å². The van der Waals surface area contributed by atoms with E-state index in [1.165, 1.54) is 0 Å². The van der Waals surface area contributed by atoms with E-state index in [2.05, 4.69) is 4.74 Å². The van der Waals surface area contributed by atoms with Crippen molar-refractivity contribution in [1.29, 1.82) is 0 Å². The van der Waals surface area contributed by atoms with Crippen LogP contribution in [0.4, 0.5) is 0 Å². The summed E-state index contributed by atoms with van der Waals surface area (Å²) in [4.78, 5) is 30.5. The molecule has 0 saturated carbocycles. The second-order valence-corrected chi connectivity index (χ2v) is 4.59. The summed E-state index contributed by atoms with van der Waals surface area (Å²) in [7, 11) is 2.22. The highest BCUT2D eigenvalue weighted by atomic mass is 33.1. The summed E-state index contributed by atoms with van der Waals surface area (Å²) in [6, 6.07) is -0.949. The van der Waals surface area contributed by atoms with Crippen LogP contribution < -0.4 is 5.73 Å². The van der Waals surface area contributed by atoms with Gasteiger partial charge in [-0.2, -0.15) is 0 Å². The number of esters is 1.